The van der Waals surface area contributed by atoms with Gasteiger partial charge in [0.1, 0.15) is 0 Å². The van der Waals surface area contributed by atoms with Gasteiger partial charge in [0.15, 0.2) is 0 Å². The Kier molecular flexibility index (Phi) is 6.47. The first kappa shape index (κ1) is 29.7. The summed E-state index contributed by atoms with van der Waals surface area (Å²) in [5.41, 5.74) is 14.1. The molecule has 0 fully saturated rings. The van der Waals surface area contributed by atoms with E-state index in [0.29, 0.717) is 0 Å². The largest absolute Gasteiger partial charge is 0.254 e. The summed E-state index contributed by atoms with van der Waals surface area (Å²) in [6.07, 6.45) is 1.84. The van der Waals surface area contributed by atoms with Gasteiger partial charge in [0.05, 0.1) is 33.4 Å². The van der Waals surface area contributed by atoms with Crippen molar-refractivity contribution in [3.8, 4) is 33.6 Å². The number of aromatic nitrogens is 3. The molecule has 1 aliphatic carbocycles. The maximum Gasteiger partial charge on any atom is 0.0972 e. The highest BCUT2D eigenvalue weighted by Gasteiger charge is 2.46. The summed E-state index contributed by atoms with van der Waals surface area (Å²) in [6, 6.07) is 65.5. The fraction of sp³-hybridized carbons (Fsp3) is 0.0200. The summed E-state index contributed by atoms with van der Waals surface area (Å²) in [5.74, 6) is 0. The Morgan fingerprint density at radius 3 is 1.87 bits per heavy atom. The molecule has 1 aliphatic rings. The van der Waals surface area contributed by atoms with Crippen molar-refractivity contribution in [1.29, 1.82) is 0 Å². The van der Waals surface area contributed by atoms with Gasteiger partial charge in [-0.1, -0.05) is 164 Å². The normalized spacial score (nSPS) is 13.1. The van der Waals surface area contributed by atoms with E-state index in [-0.39, 0.29) is 0 Å². The molecule has 0 atom stereocenters. The first-order valence-corrected chi connectivity index (χ1v) is 18.1. The second-order valence-corrected chi connectivity index (χ2v) is 13.9. The van der Waals surface area contributed by atoms with E-state index in [2.05, 4.69) is 181 Å². The second kappa shape index (κ2) is 11.5. The molecule has 0 radical (unpaired) electrons. The van der Waals surface area contributed by atoms with Crippen LogP contribution in [0.4, 0.5) is 0 Å². The summed E-state index contributed by atoms with van der Waals surface area (Å²) in [5, 5.41) is 5.72. The molecule has 10 aromatic rings. The molecule has 0 bridgehead atoms. The smallest absolute Gasteiger partial charge is 0.0972 e. The Labute approximate surface area is 306 Å². The van der Waals surface area contributed by atoms with Crippen molar-refractivity contribution < 1.29 is 0 Å². The van der Waals surface area contributed by atoms with Crippen LogP contribution in [0.5, 0.6) is 0 Å². The lowest BCUT2D eigenvalue weighted by atomic mass is 9.67. The Balaban J connectivity index is 1.15. The lowest BCUT2D eigenvalue weighted by molar-refractivity contribution is 0.769. The highest BCUT2D eigenvalue weighted by Crippen LogP contribution is 2.58. The zero-order valence-corrected chi connectivity index (χ0v) is 28.7. The molecule has 0 aliphatic heterocycles. The summed E-state index contributed by atoms with van der Waals surface area (Å²) in [4.78, 5) is 15.1. The van der Waals surface area contributed by atoms with Crippen molar-refractivity contribution in [2.45, 2.75) is 5.41 Å². The number of hydrogen-bond donors (Lipinski definition) is 0. The van der Waals surface area contributed by atoms with E-state index in [1.54, 1.807) is 0 Å². The Hall–Kier alpha value is -6.97. The van der Waals surface area contributed by atoms with Gasteiger partial charge in [0.25, 0.3) is 0 Å². The standard InChI is InChI=1S/C50H31N3/c1-3-13-36(14-4-1)50(37-15-5-2-6-16-37)41-19-9-7-17-38(41)46-42(50)29-28-40-45(46)39-18-8-10-20-44(39)53-47(40)34-23-21-32(22-24-34)43-30-27-35-26-25-33-12-11-31-51-48(33)49(35)52-43/h1-31H. The maximum atomic E-state index is 5.36. The molecule has 7 aromatic carbocycles. The third-order valence-corrected chi connectivity index (χ3v) is 11.2. The average molecular weight is 674 g/mol. The quantitative estimate of drug-likeness (QED) is 0.175. The number of fused-ring (bicyclic) bond motifs is 10. The first-order chi connectivity index (χ1) is 26.3. The molecule has 3 aromatic heterocycles. The van der Waals surface area contributed by atoms with E-state index < -0.39 is 5.41 Å². The molecule has 0 spiro atoms. The number of rotatable bonds is 4. The highest BCUT2D eigenvalue weighted by atomic mass is 14.8. The molecule has 0 saturated carbocycles. The van der Waals surface area contributed by atoms with Gasteiger partial charge >= 0.3 is 0 Å². The lowest BCUT2D eigenvalue weighted by Gasteiger charge is -2.34. The van der Waals surface area contributed by atoms with Gasteiger partial charge in [-0.15, -0.1) is 0 Å². The van der Waals surface area contributed by atoms with Crippen LogP contribution in [0, 0.1) is 0 Å². The molecule has 0 saturated heterocycles. The van der Waals surface area contributed by atoms with Gasteiger partial charge in [-0.25, -0.2) is 9.97 Å². The van der Waals surface area contributed by atoms with Gasteiger partial charge in [-0.3, -0.25) is 4.98 Å². The first-order valence-electron chi connectivity index (χ1n) is 18.1. The number of nitrogens with zero attached hydrogens (tertiary/aromatic N) is 3. The van der Waals surface area contributed by atoms with Gasteiger partial charge in [0, 0.05) is 44.3 Å². The van der Waals surface area contributed by atoms with Crippen molar-refractivity contribution >= 4 is 43.5 Å². The number of hydrogen-bond acceptors (Lipinski definition) is 3. The number of para-hydroxylation sites is 1. The zero-order chi connectivity index (χ0) is 34.9. The zero-order valence-electron chi connectivity index (χ0n) is 28.7. The van der Waals surface area contributed by atoms with Crippen LogP contribution >= 0.6 is 0 Å². The van der Waals surface area contributed by atoms with Gasteiger partial charge < -0.3 is 0 Å². The van der Waals surface area contributed by atoms with Crippen LogP contribution in [0.1, 0.15) is 22.3 Å². The second-order valence-electron chi connectivity index (χ2n) is 13.9. The van der Waals surface area contributed by atoms with Crippen LogP contribution in [0.3, 0.4) is 0 Å². The summed E-state index contributed by atoms with van der Waals surface area (Å²) < 4.78 is 0. The average Bonchev–Trinajstić information content (AvgIpc) is 3.55. The SMILES string of the molecule is c1ccc(C2(c3ccccc3)c3ccccc3-c3c2ccc2c(-c4ccc(-c5ccc6ccc7cccnc7c6n5)cc4)nc4ccccc4c32)cc1. The molecule has 3 heterocycles. The molecule has 53 heavy (non-hydrogen) atoms. The maximum absolute atomic E-state index is 5.36. The topological polar surface area (TPSA) is 38.7 Å². The van der Waals surface area contributed by atoms with Crippen LogP contribution in [-0.4, -0.2) is 15.0 Å². The minimum Gasteiger partial charge on any atom is -0.254 e. The van der Waals surface area contributed by atoms with Crippen molar-refractivity contribution in [3.63, 3.8) is 0 Å². The molecule has 3 nitrogen and oxygen atoms in total. The third-order valence-electron chi connectivity index (χ3n) is 11.2. The lowest BCUT2D eigenvalue weighted by Crippen LogP contribution is -2.28. The monoisotopic (exact) mass is 673 g/mol. The molecule has 0 unspecified atom stereocenters. The highest BCUT2D eigenvalue weighted by molar-refractivity contribution is 6.19. The third kappa shape index (κ3) is 4.31. The van der Waals surface area contributed by atoms with Gasteiger partial charge in [-0.2, -0.15) is 0 Å². The molecular weight excluding hydrogens is 643 g/mol. The van der Waals surface area contributed by atoms with Gasteiger partial charge in [-0.05, 0) is 51.6 Å². The number of benzene rings is 7. The molecule has 0 N–H and O–H groups in total. The van der Waals surface area contributed by atoms with Crippen molar-refractivity contribution in [1.82, 2.24) is 15.0 Å². The predicted molar refractivity (Wildman–Crippen MR) is 218 cm³/mol. The van der Waals surface area contributed by atoms with Crippen LogP contribution < -0.4 is 0 Å². The van der Waals surface area contributed by atoms with Crippen molar-refractivity contribution in [2.24, 2.45) is 0 Å². The molecule has 3 heteroatoms. The van der Waals surface area contributed by atoms with Crippen LogP contribution in [0.25, 0.3) is 77.1 Å². The van der Waals surface area contributed by atoms with E-state index >= 15 is 0 Å². The molecule has 0 amide bonds. The summed E-state index contributed by atoms with van der Waals surface area (Å²) in [6.45, 7) is 0. The molecule has 246 valence electrons. The molecule has 11 rings (SSSR count). The molecular formula is C50H31N3. The van der Waals surface area contributed by atoms with Crippen molar-refractivity contribution in [3.05, 3.63) is 210 Å². The Morgan fingerprint density at radius 2 is 1.08 bits per heavy atom. The van der Waals surface area contributed by atoms with E-state index in [0.717, 1.165) is 60.6 Å². The predicted octanol–water partition coefficient (Wildman–Crippen LogP) is 12.2. The number of pyridine rings is 3. The van der Waals surface area contributed by atoms with Crippen molar-refractivity contribution in [2.75, 3.05) is 0 Å². The van der Waals surface area contributed by atoms with Crippen LogP contribution in [-0.2, 0) is 5.41 Å². The minimum atomic E-state index is -0.470. The van der Waals surface area contributed by atoms with E-state index in [9.17, 15) is 0 Å². The Bertz CT molecular complexity index is 3000. The van der Waals surface area contributed by atoms with E-state index in [1.807, 2.05) is 12.3 Å². The van der Waals surface area contributed by atoms with Crippen LogP contribution in [0.2, 0.25) is 0 Å². The minimum absolute atomic E-state index is 0.470. The summed E-state index contributed by atoms with van der Waals surface area (Å²) >= 11 is 0. The van der Waals surface area contributed by atoms with Crippen LogP contribution in [0.15, 0.2) is 188 Å². The fourth-order valence-electron chi connectivity index (χ4n) is 8.88. The van der Waals surface area contributed by atoms with E-state index in [1.165, 1.54) is 38.8 Å². The van der Waals surface area contributed by atoms with Gasteiger partial charge in [0.2, 0.25) is 0 Å². The summed E-state index contributed by atoms with van der Waals surface area (Å²) in [7, 11) is 0. The Morgan fingerprint density at radius 1 is 0.415 bits per heavy atom. The fourth-order valence-corrected chi connectivity index (χ4v) is 8.88. The van der Waals surface area contributed by atoms with E-state index in [4.69, 9.17) is 9.97 Å².